The first-order valence-electron chi connectivity index (χ1n) is 6.85. The predicted molar refractivity (Wildman–Crippen MR) is 79.1 cm³/mol. The van der Waals surface area contributed by atoms with E-state index in [9.17, 15) is 9.90 Å². The van der Waals surface area contributed by atoms with Crippen molar-refractivity contribution in [3.63, 3.8) is 0 Å². The van der Waals surface area contributed by atoms with Gasteiger partial charge in [0.15, 0.2) is 0 Å². The van der Waals surface area contributed by atoms with Gasteiger partial charge in [-0.1, -0.05) is 47.8 Å². The Bertz CT molecular complexity index is 457. The van der Waals surface area contributed by atoms with Gasteiger partial charge < -0.3 is 5.11 Å². The topological polar surface area (TPSA) is 49.3 Å². The number of nitrogens with one attached hydrogen (secondary N) is 1. The molecule has 1 aliphatic rings. The van der Waals surface area contributed by atoms with Crippen LogP contribution in [0.15, 0.2) is 28.7 Å². The standard InChI is InChI=1S/C15H20BrNO2/c1-2-15(14(18)19,17-13-8-3-4-9-13)11-6-5-7-12(16)10-11/h5-7,10,13,17H,2-4,8-9H2,1H3,(H,18,19). The van der Waals surface area contributed by atoms with E-state index in [0.717, 1.165) is 22.9 Å². The summed E-state index contributed by atoms with van der Waals surface area (Å²) in [5, 5.41) is 13.2. The van der Waals surface area contributed by atoms with E-state index in [-0.39, 0.29) is 0 Å². The summed E-state index contributed by atoms with van der Waals surface area (Å²) in [6.45, 7) is 1.93. The first kappa shape index (κ1) is 14.5. The van der Waals surface area contributed by atoms with E-state index >= 15 is 0 Å². The van der Waals surface area contributed by atoms with E-state index in [4.69, 9.17) is 0 Å². The molecule has 1 aliphatic carbocycles. The van der Waals surface area contributed by atoms with Crippen LogP contribution in [0.3, 0.4) is 0 Å². The molecule has 0 saturated heterocycles. The number of aliphatic carboxylic acids is 1. The number of hydrogen-bond donors (Lipinski definition) is 2. The van der Waals surface area contributed by atoms with Gasteiger partial charge in [-0.15, -0.1) is 0 Å². The molecule has 1 aromatic rings. The molecule has 1 atom stereocenters. The number of carboxylic acid groups (broad SMARTS) is 1. The van der Waals surface area contributed by atoms with Gasteiger partial charge >= 0.3 is 5.97 Å². The van der Waals surface area contributed by atoms with Crippen LogP contribution >= 0.6 is 15.9 Å². The van der Waals surface area contributed by atoms with Gasteiger partial charge in [0.25, 0.3) is 0 Å². The minimum atomic E-state index is -0.973. The predicted octanol–water partition coefficient (Wildman–Crippen LogP) is 3.67. The zero-order valence-corrected chi connectivity index (χ0v) is 12.7. The van der Waals surface area contributed by atoms with Crippen LogP contribution in [0.25, 0.3) is 0 Å². The minimum Gasteiger partial charge on any atom is -0.480 e. The lowest BCUT2D eigenvalue weighted by Gasteiger charge is -2.33. The Balaban J connectivity index is 2.35. The van der Waals surface area contributed by atoms with Crippen molar-refractivity contribution in [2.24, 2.45) is 0 Å². The summed E-state index contributed by atoms with van der Waals surface area (Å²) in [7, 11) is 0. The maximum atomic E-state index is 11.9. The lowest BCUT2D eigenvalue weighted by molar-refractivity contribution is -0.146. The summed E-state index contributed by atoms with van der Waals surface area (Å²) in [4.78, 5) is 11.9. The second-order valence-corrected chi connectivity index (χ2v) is 6.12. The van der Waals surface area contributed by atoms with Crippen molar-refractivity contribution in [1.29, 1.82) is 0 Å². The molecule has 104 valence electrons. The van der Waals surface area contributed by atoms with Crippen molar-refractivity contribution in [1.82, 2.24) is 5.32 Å². The molecule has 0 amide bonds. The summed E-state index contributed by atoms with van der Waals surface area (Å²) < 4.78 is 0.914. The second-order valence-electron chi connectivity index (χ2n) is 5.20. The monoisotopic (exact) mass is 325 g/mol. The molecular weight excluding hydrogens is 306 g/mol. The van der Waals surface area contributed by atoms with E-state index in [1.165, 1.54) is 12.8 Å². The molecule has 2 rings (SSSR count). The lowest BCUT2D eigenvalue weighted by Crippen LogP contribution is -2.52. The minimum absolute atomic E-state index is 0.315. The van der Waals surface area contributed by atoms with Crippen molar-refractivity contribution in [2.45, 2.75) is 50.6 Å². The van der Waals surface area contributed by atoms with Crippen LogP contribution < -0.4 is 5.32 Å². The zero-order chi connectivity index (χ0) is 13.9. The molecule has 0 spiro atoms. The highest BCUT2D eigenvalue weighted by Gasteiger charge is 2.40. The van der Waals surface area contributed by atoms with Crippen LogP contribution in [-0.2, 0) is 10.3 Å². The van der Waals surface area contributed by atoms with E-state index in [1.807, 2.05) is 31.2 Å². The van der Waals surface area contributed by atoms with Crippen molar-refractivity contribution >= 4 is 21.9 Å². The maximum absolute atomic E-state index is 11.9. The average Bonchev–Trinajstić information content (AvgIpc) is 2.88. The van der Waals surface area contributed by atoms with Crippen LogP contribution in [0.2, 0.25) is 0 Å². The molecule has 0 aliphatic heterocycles. The van der Waals surface area contributed by atoms with Crippen LogP contribution in [-0.4, -0.2) is 17.1 Å². The highest BCUT2D eigenvalue weighted by molar-refractivity contribution is 9.10. The number of hydrogen-bond acceptors (Lipinski definition) is 2. The zero-order valence-electron chi connectivity index (χ0n) is 11.2. The Morgan fingerprint density at radius 1 is 1.47 bits per heavy atom. The van der Waals surface area contributed by atoms with Gasteiger partial charge in [-0.05, 0) is 37.0 Å². The van der Waals surface area contributed by atoms with E-state index in [1.54, 1.807) is 0 Å². The van der Waals surface area contributed by atoms with Crippen molar-refractivity contribution in [3.05, 3.63) is 34.3 Å². The summed E-state index contributed by atoms with van der Waals surface area (Å²) in [6, 6.07) is 7.92. The Kier molecular flexibility index (Phi) is 4.63. The Hall–Kier alpha value is -0.870. The largest absolute Gasteiger partial charge is 0.480 e. The van der Waals surface area contributed by atoms with Gasteiger partial charge in [0.05, 0.1) is 0 Å². The highest BCUT2D eigenvalue weighted by atomic mass is 79.9. The fourth-order valence-corrected chi connectivity index (χ4v) is 3.30. The first-order chi connectivity index (χ1) is 9.08. The molecule has 0 heterocycles. The molecule has 1 saturated carbocycles. The number of carboxylic acids is 1. The third kappa shape index (κ3) is 3.00. The van der Waals surface area contributed by atoms with Gasteiger partial charge in [0, 0.05) is 10.5 Å². The normalized spacial score (nSPS) is 19.3. The van der Waals surface area contributed by atoms with Crippen LogP contribution in [0.1, 0.15) is 44.6 Å². The summed E-state index contributed by atoms with van der Waals surface area (Å²) in [5.74, 6) is -0.792. The van der Waals surface area contributed by atoms with Gasteiger partial charge in [0.2, 0.25) is 0 Å². The summed E-state index contributed by atoms with van der Waals surface area (Å²) >= 11 is 3.42. The summed E-state index contributed by atoms with van der Waals surface area (Å²) in [6.07, 6.45) is 5.06. The Morgan fingerprint density at radius 3 is 2.68 bits per heavy atom. The molecular formula is C15H20BrNO2. The Morgan fingerprint density at radius 2 is 2.16 bits per heavy atom. The molecule has 2 N–H and O–H groups in total. The van der Waals surface area contributed by atoms with Gasteiger partial charge in [0.1, 0.15) is 5.54 Å². The third-order valence-corrected chi connectivity index (χ3v) is 4.51. The fraction of sp³-hybridized carbons (Fsp3) is 0.533. The van der Waals surface area contributed by atoms with Crippen LogP contribution in [0.4, 0.5) is 0 Å². The molecule has 0 aromatic heterocycles. The van der Waals surface area contributed by atoms with Crippen LogP contribution in [0, 0.1) is 0 Å². The van der Waals surface area contributed by atoms with E-state index in [0.29, 0.717) is 12.5 Å². The second kappa shape index (κ2) is 6.06. The SMILES string of the molecule is CCC(NC1CCCC1)(C(=O)O)c1cccc(Br)c1. The van der Waals surface area contributed by atoms with Crippen molar-refractivity contribution in [3.8, 4) is 0 Å². The smallest absolute Gasteiger partial charge is 0.328 e. The molecule has 1 aromatic carbocycles. The number of halogens is 1. The first-order valence-corrected chi connectivity index (χ1v) is 7.65. The number of carbonyl (C=O) groups is 1. The molecule has 19 heavy (non-hydrogen) atoms. The average molecular weight is 326 g/mol. The molecule has 4 heteroatoms. The van der Waals surface area contributed by atoms with Gasteiger partial charge in [-0.25, -0.2) is 4.79 Å². The quantitative estimate of drug-likeness (QED) is 0.868. The molecule has 0 bridgehead atoms. The Labute approximate surface area is 122 Å². The van der Waals surface area contributed by atoms with Crippen molar-refractivity contribution < 1.29 is 9.90 Å². The molecule has 1 unspecified atom stereocenters. The molecule has 0 radical (unpaired) electrons. The number of benzene rings is 1. The highest BCUT2D eigenvalue weighted by Crippen LogP contribution is 2.31. The molecule has 1 fully saturated rings. The van der Waals surface area contributed by atoms with Crippen molar-refractivity contribution in [2.75, 3.05) is 0 Å². The van der Waals surface area contributed by atoms with E-state index < -0.39 is 11.5 Å². The van der Waals surface area contributed by atoms with Crippen LogP contribution in [0.5, 0.6) is 0 Å². The lowest BCUT2D eigenvalue weighted by atomic mass is 9.86. The van der Waals surface area contributed by atoms with Gasteiger partial charge in [-0.2, -0.15) is 0 Å². The fourth-order valence-electron chi connectivity index (χ4n) is 2.90. The maximum Gasteiger partial charge on any atom is 0.328 e. The summed E-state index contributed by atoms with van der Waals surface area (Å²) in [5.41, 5.74) is -0.150. The van der Waals surface area contributed by atoms with Gasteiger partial charge in [-0.3, -0.25) is 5.32 Å². The van der Waals surface area contributed by atoms with E-state index in [2.05, 4.69) is 21.2 Å². The third-order valence-electron chi connectivity index (χ3n) is 4.02. The number of rotatable bonds is 5. The molecule has 3 nitrogen and oxygen atoms in total.